The summed E-state index contributed by atoms with van der Waals surface area (Å²) >= 11 is 0. The van der Waals surface area contributed by atoms with Crippen LogP contribution in [0.15, 0.2) is 261 Å². The summed E-state index contributed by atoms with van der Waals surface area (Å²) in [7, 11) is 0. The van der Waals surface area contributed by atoms with Crippen molar-refractivity contribution >= 4 is 79.0 Å². The zero-order chi connectivity index (χ0) is 56.8. The van der Waals surface area contributed by atoms with E-state index in [1.54, 1.807) is 0 Å². The lowest BCUT2D eigenvalue weighted by molar-refractivity contribution is 0.590. The Morgan fingerprint density at radius 1 is 0.321 bits per heavy atom. The predicted molar refractivity (Wildman–Crippen MR) is 353 cm³/mol. The standard InChI is InChI=1S/C77H61BN6/c1-76(2,3)55-41-45-65-61(48-55)62-49-56(77(4,5)6)42-46-66(62)84(65)72-59(31-21-32-60(72)75-80-73(51-23-10-7-11-24-51)79-74(81-75)52-25-12-8-13-26-52)54-28-20-27-53(47-54)50-39-43-58(44-40-50)83-68-36-19-17-34-64(68)78-63-33-16-18-35-67(63)82(57-29-14-9-15-30-57)69-37-22-38-70(83)71(69)78/h7-49H,1-6H3. The van der Waals surface area contributed by atoms with Gasteiger partial charge in [-0.3, -0.25) is 0 Å². The SMILES string of the molecule is CC(C)(C)c1ccc2c(c1)c1cc(C(C)(C)C)ccc1n2-c1c(-c2cccc(-c3ccc(N4c5ccccc5B5c6ccccc6N(c6ccccc6)c6cccc4c65)cc3)c2)cccc1-c1nc(-c2ccccc2)nc(-c2ccccc2)n1. The number of aromatic nitrogens is 4. The van der Waals surface area contributed by atoms with Gasteiger partial charge in [0.1, 0.15) is 0 Å². The van der Waals surface area contributed by atoms with Gasteiger partial charge in [0.2, 0.25) is 0 Å². The van der Waals surface area contributed by atoms with Gasteiger partial charge < -0.3 is 14.4 Å². The molecular weight excluding hydrogens is 1020 g/mol. The van der Waals surface area contributed by atoms with Crippen LogP contribution in [0.5, 0.6) is 0 Å². The molecule has 0 spiro atoms. The first-order chi connectivity index (χ1) is 40.9. The number of hydrogen-bond donors (Lipinski definition) is 0. The normalized spacial score (nSPS) is 12.8. The number of rotatable bonds is 8. The lowest BCUT2D eigenvalue weighted by Crippen LogP contribution is -2.61. The first kappa shape index (κ1) is 50.8. The molecule has 2 aromatic heterocycles. The van der Waals surface area contributed by atoms with Crippen molar-refractivity contribution in [2.24, 2.45) is 0 Å². The van der Waals surface area contributed by atoms with Crippen molar-refractivity contribution in [3.63, 3.8) is 0 Å². The van der Waals surface area contributed by atoms with Crippen LogP contribution in [0.2, 0.25) is 0 Å². The van der Waals surface area contributed by atoms with Crippen molar-refractivity contribution in [2.45, 2.75) is 52.4 Å². The first-order valence-corrected chi connectivity index (χ1v) is 29.2. The van der Waals surface area contributed by atoms with Gasteiger partial charge in [-0.05, 0) is 140 Å². The van der Waals surface area contributed by atoms with E-state index < -0.39 is 0 Å². The molecule has 0 fully saturated rings. The van der Waals surface area contributed by atoms with Gasteiger partial charge in [0.25, 0.3) is 6.71 Å². The van der Waals surface area contributed by atoms with E-state index in [0.29, 0.717) is 17.5 Å². The van der Waals surface area contributed by atoms with Crippen molar-refractivity contribution < 1.29 is 0 Å². The van der Waals surface area contributed by atoms with Gasteiger partial charge in [-0.1, -0.05) is 217 Å². The van der Waals surface area contributed by atoms with E-state index >= 15 is 0 Å². The fourth-order valence-electron chi connectivity index (χ4n) is 13.0. The van der Waals surface area contributed by atoms with E-state index in [2.05, 4.69) is 280 Å². The molecule has 11 aromatic carbocycles. The van der Waals surface area contributed by atoms with Crippen molar-refractivity contribution in [3.8, 4) is 62.1 Å². The fraction of sp³-hybridized carbons (Fsp3) is 0.104. The summed E-state index contributed by atoms with van der Waals surface area (Å²) in [6.07, 6.45) is 0. The van der Waals surface area contributed by atoms with Crippen molar-refractivity contribution in [3.05, 3.63) is 272 Å². The molecule has 0 unspecified atom stereocenters. The monoisotopic (exact) mass is 1080 g/mol. The smallest absolute Gasteiger partial charge is 0.252 e. The fourth-order valence-corrected chi connectivity index (χ4v) is 13.0. The van der Waals surface area contributed by atoms with Crippen molar-refractivity contribution in [1.82, 2.24) is 19.5 Å². The summed E-state index contributed by atoms with van der Waals surface area (Å²) in [6.45, 7) is 13.9. The van der Waals surface area contributed by atoms with Crippen LogP contribution < -0.4 is 26.2 Å². The summed E-state index contributed by atoms with van der Waals surface area (Å²) in [4.78, 5) is 20.8. The van der Waals surface area contributed by atoms with Gasteiger partial charge >= 0.3 is 0 Å². The molecule has 4 heterocycles. The Kier molecular flexibility index (Phi) is 12.0. The largest absolute Gasteiger partial charge is 0.311 e. The molecule has 6 nitrogen and oxygen atoms in total. The highest BCUT2D eigenvalue weighted by atomic mass is 15.2. The molecular formula is C77H61BN6. The Bertz CT molecular complexity index is 4560. The van der Waals surface area contributed by atoms with Gasteiger partial charge in [-0.25, -0.2) is 15.0 Å². The minimum absolute atomic E-state index is 0.0573. The third-order valence-corrected chi connectivity index (χ3v) is 17.2. The summed E-state index contributed by atoms with van der Waals surface area (Å²) in [6, 6.07) is 94.9. The zero-order valence-corrected chi connectivity index (χ0v) is 48.1. The summed E-state index contributed by atoms with van der Waals surface area (Å²) in [5.74, 6) is 1.83. The second kappa shape index (κ2) is 19.8. The van der Waals surface area contributed by atoms with Crippen molar-refractivity contribution in [2.75, 3.05) is 9.80 Å². The van der Waals surface area contributed by atoms with Crippen LogP contribution >= 0.6 is 0 Å². The number of hydrogen-bond acceptors (Lipinski definition) is 5. The van der Waals surface area contributed by atoms with Gasteiger partial charge in [0.15, 0.2) is 17.5 Å². The highest BCUT2D eigenvalue weighted by molar-refractivity contribution is 7.00. The van der Waals surface area contributed by atoms with E-state index in [-0.39, 0.29) is 17.5 Å². The van der Waals surface area contributed by atoms with Crippen LogP contribution in [-0.4, -0.2) is 26.2 Å². The first-order valence-electron chi connectivity index (χ1n) is 29.2. The average Bonchev–Trinajstić information content (AvgIpc) is 1.16. The van der Waals surface area contributed by atoms with E-state index in [0.717, 1.165) is 67.0 Å². The van der Waals surface area contributed by atoms with Crippen LogP contribution in [0.25, 0.3) is 83.9 Å². The van der Waals surface area contributed by atoms with Gasteiger partial charge in [0.05, 0.1) is 16.7 Å². The Labute approximate surface area is 492 Å². The average molecular weight is 1080 g/mol. The highest BCUT2D eigenvalue weighted by Gasteiger charge is 2.43. The van der Waals surface area contributed by atoms with Crippen LogP contribution in [0.4, 0.5) is 34.1 Å². The minimum Gasteiger partial charge on any atom is -0.311 e. The summed E-state index contributed by atoms with van der Waals surface area (Å²) in [5, 5.41) is 2.43. The molecule has 0 atom stereocenters. The third kappa shape index (κ3) is 8.52. The summed E-state index contributed by atoms with van der Waals surface area (Å²) in [5.41, 5.74) is 23.8. The van der Waals surface area contributed by atoms with Crippen LogP contribution in [0.3, 0.4) is 0 Å². The van der Waals surface area contributed by atoms with Gasteiger partial charge in [-0.2, -0.15) is 0 Å². The number of fused-ring (bicyclic) bond motifs is 7. The lowest BCUT2D eigenvalue weighted by Gasteiger charge is -2.44. The van der Waals surface area contributed by atoms with Crippen molar-refractivity contribution in [1.29, 1.82) is 0 Å². The molecule has 402 valence electrons. The number of anilines is 6. The van der Waals surface area contributed by atoms with Crippen LogP contribution in [0, 0.1) is 0 Å². The molecule has 2 aliphatic rings. The molecule has 0 amide bonds. The number of para-hydroxylation sites is 4. The number of nitrogens with zero attached hydrogens (tertiary/aromatic N) is 6. The molecule has 0 radical (unpaired) electrons. The lowest BCUT2D eigenvalue weighted by atomic mass is 9.33. The maximum atomic E-state index is 5.40. The molecule has 2 aliphatic heterocycles. The molecule has 13 aromatic rings. The molecule has 0 saturated carbocycles. The second-order valence-electron chi connectivity index (χ2n) is 24.4. The molecule has 0 bridgehead atoms. The van der Waals surface area contributed by atoms with Crippen LogP contribution in [-0.2, 0) is 10.8 Å². The quantitative estimate of drug-likeness (QED) is 0.142. The zero-order valence-electron chi connectivity index (χ0n) is 48.1. The van der Waals surface area contributed by atoms with E-state index in [1.165, 1.54) is 61.0 Å². The Morgan fingerprint density at radius 3 is 1.30 bits per heavy atom. The molecule has 0 saturated heterocycles. The molecule has 15 rings (SSSR count). The molecule has 84 heavy (non-hydrogen) atoms. The predicted octanol–water partition coefficient (Wildman–Crippen LogP) is 18.0. The van der Waals surface area contributed by atoms with Gasteiger partial charge in [0, 0.05) is 67.2 Å². The van der Waals surface area contributed by atoms with E-state index in [9.17, 15) is 0 Å². The topological polar surface area (TPSA) is 50.1 Å². The Hall–Kier alpha value is -10.1. The third-order valence-electron chi connectivity index (χ3n) is 17.2. The second-order valence-corrected chi connectivity index (χ2v) is 24.4. The highest BCUT2D eigenvalue weighted by Crippen LogP contribution is 2.47. The van der Waals surface area contributed by atoms with E-state index in [1.807, 2.05) is 36.4 Å². The molecule has 7 heteroatoms. The maximum Gasteiger partial charge on any atom is 0.252 e. The summed E-state index contributed by atoms with van der Waals surface area (Å²) < 4.78 is 2.48. The molecule has 0 N–H and O–H groups in total. The molecule has 0 aliphatic carbocycles. The Morgan fingerprint density at radius 2 is 0.750 bits per heavy atom. The number of benzene rings is 11. The Balaban J connectivity index is 0.904. The maximum absolute atomic E-state index is 5.40. The van der Waals surface area contributed by atoms with Gasteiger partial charge in [-0.15, -0.1) is 0 Å². The minimum atomic E-state index is -0.0573. The van der Waals surface area contributed by atoms with Crippen LogP contribution in [0.1, 0.15) is 52.7 Å². The van der Waals surface area contributed by atoms with E-state index in [4.69, 9.17) is 15.0 Å².